The van der Waals surface area contributed by atoms with E-state index in [0.717, 1.165) is 49.2 Å². The third-order valence-electron chi connectivity index (χ3n) is 4.37. The zero-order valence-corrected chi connectivity index (χ0v) is 13.4. The molecule has 25 heavy (non-hydrogen) atoms. The van der Waals surface area contributed by atoms with E-state index in [-0.39, 0.29) is 11.8 Å². The van der Waals surface area contributed by atoms with Gasteiger partial charge in [0.05, 0.1) is 17.4 Å². The van der Waals surface area contributed by atoms with Crippen molar-refractivity contribution in [1.29, 1.82) is 0 Å². The summed E-state index contributed by atoms with van der Waals surface area (Å²) in [7, 11) is 0. The van der Waals surface area contributed by atoms with Crippen LogP contribution in [0.25, 0.3) is 16.6 Å². The minimum absolute atomic E-state index is 0.192. The van der Waals surface area contributed by atoms with Gasteiger partial charge in [0.1, 0.15) is 11.9 Å². The third kappa shape index (κ3) is 3.02. The highest BCUT2D eigenvalue weighted by Crippen LogP contribution is 2.28. The van der Waals surface area contributed by atoms with Gasteiger partial charge in [0, 0.05) is 17.5 Å². The van der Waals surface area contributed by atoms with Crippen LogP contribution in [0.15, 0.2) is 36.5 Å². The van der Waals surface area contributed by atoms with Crippen molar-refractivity contribution < 1.29 is 18.6 Å². The predicted octanol–water partition coefficient (Wildman–Crippen LogP) is 3.14. The largest absolute Gasteiger partial charge is 0.505 e. The highest BCUT2D eigenvalue weighted by atomic mass is 19.2. The molecule has 3 aromatic rings. The van der Waals surface area contributed by atoms with Crippen LogP contribution < -0.4 is 10.1 Å². The first-order valence-corrected chi connectivity index (χ1v) is 8.15. The molecule has 1 fully saturated rings. The van der Waals surface area contributed by atoms with Crippen LogP contribution in [-0.2, 0) is 0 Å². The number of benzene rings is 2. The Bertz CT molecular complexity index is 897. The number of ether oxygens (including phenoxy) is 1. The summed E-state index contributed by atoms with van der Waals surface area (Å²) in [6, 6.07) is 7.67. The number of nitrogens with zero attached hydrogens (tertiary/aromatic N) is 2. The highest BCUT2D eigenvalue weighted by molar-refractivity contribution is 5.81. The number of phenolic OH excluding ortho intramolecular Hbond substituents is 1. The predicted molar refractivity (Wildman–Crippen MR) is 89.2 cm³/mol. The summed E-state index contributed by atoms with van der Waals surface area (Å²) in [6.07, 6.45) is 3.75. The maximum Gasteiger partial charge on any atom is 0.200 e. The summed E-state index contributed by atoms with van der Waals surface area (Å²) >= 11 is 0. The molecule has 0 bridgehead atoms. The second-order valence-corrected chi connectivity index (χ2v) is 6.10. The number of aromatic nitrogens is 2. The van der Waals surface area contributed by atoms with Crippen LogP contribution in [0.5, 0.6) is 11.5 Å². The molecule has 0 unspecified atom stereocenters. The molecule has 0 amide bonds. The molecule has 130 valence electrons. The molecule has 0 atom stereocenters. The van der Waals surface area contributed by atoms with Crippen molar-refractivity contribution in [2.45, 2.75) is 18.9 Å². The minimum Gasteiger partial charge on any atom is -0.505 e. The number of rotatable bonds is 3. The van der Waals surface area contributed by atoms with Crippen LogP contribution in [-0.4, -0.2) is 34.1 Å². The summed E-state index contributed by atoms with van der Waals surface area (Å²) < 4.78 is 34.3. The van der Waals surface area contributed by atoms with Crippen LogP contribution in [0, 0.1) is 11.6 Å². The Morgan fingerprint density at radius 1 is 1.16 bits per heavy atom. The number of phenols is 1. The van der Waals surface area contributed by atoms with Gasteiger partial charge in [0.25, 0.3) is 0 Å². The summed E-state index contributed by atoms with van der Waals surface area (Å²) in [6.45, 7) is 1.90. The van der Waals surface area contributed by atoms with Gasteiger partial charge in [-0.2, -0.15) is 9.49 Å². The van der Waals surface area contributed by atoms with E-state index in [0.29, 0.717) is 5.52 Å². The number of aromatic hydroxyl groups is 1. The number of hydrogen-bond donors (Lipinski definition) is 2. The minimum atomic E-state index is -1.27. The summed E-state index contributed by atoms with van der Waals surface area (Å²) in [5, 5.41) is 17.8. The summed E-state index contributed by atoms with van der Waals surface area (Å²) in [5.74, 6) is -2.38. The van der Waals surface area contributed by atoms with Gasteiger partial charge < -0.3 is 15.2 Å². The lowest BCUT2D eigenvalue weighted by atomic mass is 10.1. The van der Waals surface area contributed by atoms with Gasteiger partial charge >= 0.3 is 0 Å². The number of hydrogen-bond acceptors (Lipinski definition) is 4. The van der Waals surface area contributed by atoms with E-state index < -0.39 is 17.4 Å². The van der Waals surface area contributed by atoms with Gasteiger partial charge in [0.2, 0.25) is 0 Å². The van der Waals surface area contributed by atoms with E-state index in [9.17, 15) is 13.9 Å². The number of piperidine rings is 1. The number of halogens is 2. The molecule has 2 aromatic carbocycles. The molecular weight excluding hydrogens is 328 g/mol. The quantitative estimate of drug-likeness (QED) is 0.766. The molecule has 5 nitrogen and oxygen atoms in total. The average Bonchev–Trinajstić information content (AvgIpc) is 3.03. The van der Waals surface area contributed by atoms with E-state index >= 15 is 0 Å². The molecule has 1 aromatic heterocycles. The Morgan fingerprint density at radius 3 is 2.72 bits per heavy atom. The molecule has 0 radical (unpaired) electrons. The van der Waals surface area contributed by atoms with E-state index in [1.807, 2.05) is 18.2 Å². The molecule has 1 aliphatic rings. The van der Waals surface area contributed by atoms with Crippen molar-refractivity contribution in [3.8, 4) is 17.2 Å². The topological polar surface area (TPSA) is 59.3 Å². The lowest BCUT2D eigenvalue weighted by molar-refractivity contribution is 0.162. The Balaban J connectivity index is 1.66. The molecule has 2 N–H and O–H groups in total. The zero-order valence-electron chi connectivity index (χ0n) is 13.4. The average molecular weight is 345 g/mol. The first kappa shape index (κ1) is 15.8. The first-order valence-electron chi connectivity index (χ1n) is 8.15. The molecule has 1 aliphatic heterocycles. The lowest BCUT2D eigenvalue weighted by Crippen LogP contribution is -2.34. The Labute approximate surface area is 142 Å². The fourth-order valence-electron chi connectivity index (χ4n) is 3.08. The van der Waals surface area contributed by atoms with Crippen LogP contribution in [0.1, 0.15) is 12.8 Å². The van der Waals surface area contributed by atoms with Gasteiger partial charge in [-0.1, -0.05) is 0 Å². The fourth-order valence-corrected chi connectivity index (χ4v) is 3.08. The summed E-state index contributed by atoms with van der Waals surface area (Å²) in [5.41, 5.74) is 0.960. The molecule has 4 rings (SSSR count). The van der Waals surface area contributed by atoms with E-state index in [1.165, 1.54) is 4.68 Å². The maximum atomic E-state index is 13.6. The first-order chi connectivity index (χ1) is 12.1. The maximum absolute atomic E-state index is 13.6. The molecule has 0 saturated carbocycles. The van der Waals surface area contributed by atoms with Crippen molar-refractivity contribution in [2.75, 3.05) is 13.1 Å². The van der Waals surface area contributed by atoms with Crippen molar-refractivity contribution in [3.05, 3.63) is 48.2 Å². The van der Waals surface area contributed by atoms with Gasteiger partial charge in [-0.25, -0.2) is 9.07 Å². The summed E-state index contributed by atoms with van der Waals surface area (Å²) in [4.78, 5) is 0. The van der Waals surface area contributed by atoms with E-state index in [1.54, 1.807) is 6.20 Å². The smallest absolute Gasteiger partial charge is 0.200 e. The van der Waals surface area contributed by atoms with Crippen LogP contribution >= 0.6 is 0 Å². The molecular formula is C18H17F2N3O2. The van der Waals surface area contributed by atoms with Crippen molar-refractivity contribution >= 4 is 10.9 Å². The Hall–Kier alpha value is -2.67. The van der Waals surface area contributed by atoms with Crippen molar-refractivity contribution in [1.82, 2.24) is 15.1 Å². The Morgan fingerprint density at radius 2 is 1.96 bits per heavy atom. The van der Waals surface area contributed by atoms with Crippen LogP contribution in [0.4, 0.5) is 8.78 Å². The fraction of sp³-hybridized carbons (Fsp3) is 0.278. The number of fused-ring (bicyclic) bond motifs is 1. The van der Waals surface area contributed by atoms with E-state index in [4.69, 9.17) is 4.74 Å². The number of nitrogens with one attached hydrogen (secondary N) is 1. The van der Waals surface area contributed by atoms with Gasteiger partial charge in [-0.3, -0.25) is 0 Å². The van der Waals surface area contributed by atoms with Crippen LogP contribution in [0.3, 0.4) is 0 Å². The van der Waals surface area contributed by atoms with Gasteiger partial charge in [-0.05, 0) is 44.1 Å². The van der Waals surface area contributed by atoms with Gasteiger partial charge in [0.15, 0.2) is 17.4 Å². The molecule has 7 heteroatoms. The molecule has 0 spiro atoms. The molecule has 0 aliphatic carbocycles. The Kier molecular flexibility index (Phi) is 4.01. The second kappa shape index (κ2) is 6.33. The van der Waals surface area contributed by atoms with E-state index in [2.05, 4.69) is 10.4 Å². The monoisotopic (exact) mass is 345 g/mol. The zero-order chi connectivity index (χ0) is 17.4. The highest BCUT2D eigenvalue weighted by Gasteiger charge is 2.16. The normalized spacial score (nSPS) is 15.6. The molecule has 1 saturated heterocycles. The van der Waals surface area contributed by atoms with Crippen molar-refractivity contribution in [3.63, 3.8) is 0 Å². The second-order valence-electron chi connectivity index (χ2n) is 6.10. The third-order valence-corrected chi connectivity index (χ3v) is 4.37. The SMILES string of the molecule is Oc1cc(-n2ncc3cc(OC4CCNCC4)ccc32)cc(F)c1F. The lowest BCUT2D eigenvalue weighted by Gasteiger charge is -2.23. The van der Waals surface area contributed by atoms with Crippen molar-refractivity contribution in [2.24, 2.45) is 0 Å². The molecule has 2 heterocycles. The van der Waals surface area contributed by atoms with Crippen LogP contribution in [0.2, 0.25) is 0 Å². The van der Waals surface area contributed by atoms with Gasteiger partial charge in [-0.15, -0.1) is 0 Å². The standard InChI is InChI=1S/C18H17F2N3O2/c19-15-8-12(9-17(24)18(15)20)23-16-2-1-14(7-11(16)10-22-23)25-13-3-5-21-6-4-13/h1-2,7-10,13,21,24H,3-6H2.